The van der Waals surface area contributed by atoms with Crippen LogP contribution in [0.2, 0.25) is 0 Å². The third kappa shape index (κ3) is 5.58. The van der Waals surface area contributed by atoms with Crippen LogP contribution in [0.1, 0.15) is 46.0 Å². The normalized spacial score (nSPS) is 28.4. The van der Waals surface area contributed by atoms with Crippen LogP contribution in [0.5, 0.6) is 0 Å². The first-order chi connectivity index (χ1) is 15.6. The maximum atomic E-state index is 9.76. The Balaban J connectivity index is 1.62. The van der Waals surface area contributed by atoms with E-state index < -0.39 is 0 Å². The lowest BCUT2D eigenvalue weighted by Crippen LogP contribution is -2.36. The molecule has 0 aromatic rings. The van der Waals surface area contributed by atoms with E-state index in [2.05, 4.69) is 64.8 Å². The van der Waals surface area contributed by atoms with Crippen molar-refractivity contribution in [3.8, 4) is 6.07 Å². The van der Waals surface area contributed by atoms with E-state index in [9.17, 15) is 5.26 Å². The second kappa shape index (κ2) is 10.3. The van der Waals surface area contributed by atoms with Crippen LogP contribution in [0.4, 0.5) is 0 Å². The van der Waals surface area contributed by atoms with E-state index in [0.29, 0.717) is 0 Å². The zero-order valence-electron chi connectivity index (χ0n) is 19.5. The van der Waals surface area contributed by atoms with E-state index in [1.165, 1.54) is 24.8 Å². The highest BCUT2D eigenvalue weighted by atomic mass is 15.5. The summed E-state index contributed by atoms with van der Waals surface area (Å²) in [4.78, 5) is 7.12. The van der Waals surface area contributed by atoms with E-state index in [1.807, 2.05) is 17.3 Å². The van der Waals surface area contributed by atoms with Crippen molar-refractivity contribution >= 4 is 12.4 Å². The Kier molecular flexibility index (Phi) is 7.26. The summed E-state index contributed by atoms with van der Waals surface area (Å²) in [5.41, 5.74) is 3.76. The molecular weight excluding hydrogens is 396 g/mol. The molecule has 1 fully saturated rings. The van der Waals surface area contributed by atoms with Gasteiger partial charge in [-0.2, -0.15) is 10.4 Å². The molecule has 4 aliphatic rings. The molecule has 4 aliphatic heterocycles. The third-order valence-electron chi connectivity index (χ3n) is 6.87. The van der Waals surface area contributed by atoms with E-state index in [1.54, 1.807) is 6.21 Å². The number of piperidine rings is 1. The monoisotopic (exact) mass is 432 g/mol. The Labute approximate surface area is 192 Å². The van der Waals surface area contributed by atoms with Crippen molar-refractivity contribution in [3.63, 3.8) is 0 Å². The number of nitrogens with one attached hydrogen (secondary N) is 1. The van der Waals surface area contributed by atoms with E-state index in [-0.39, 0.29) is 17.4 Å². The number of aliphatic imine (C=N–C) groups is 1. The molecule has 0 aliphatic carbocycles. The van der Waals surface area contributed by atoms with Crippen LogP contribution >= 0.6 is 0 Å². The van der Waals surface area contributed by atoms with Crippen molar-refractivity contribution < 1.29 is 0 Å². The standard InChI is InChI=1S/C26H36N6/c1-26(2)8-11-28-10-6-7-22(17-29-12-9-26)24-15-21(19-31-13-4-3-5-14-31)20-32-25(24)23(16-27)18-30-32/h6-7,10,15,17-18,20,23,25,29H,3-5,8-9,11-14,19H2,1-2H3. The van der Waals surface area contributed by atoms with Crippen LogP contribution in [-0.2, 0) is 0 Å². The highest BCUT2D eigenvalue weighted by molar-refractivity contribution is 5.74. The van der Waals surface area contributed by atoms with Gasteiger partial charge >= 0.3 is 0 Å². The molecule has 0 aromatic carbocycles. The zero-order valence-corrected chi connectivity index (χ0v) is 19.5. The first-order valence-electron chi connectivity index (χ1n) is 12.0. The van der Waals surface area contributed by atoms with Crippen LogP contribution in [0.25, 0.3) is 0 Å². The number of likely N-dealkylation sites (tertiary alicyclic amines) is 1. The quantitative estimate of drug-likeness (QED) is 0.731. The summed E-state index contributed by atoms with van der Waals surface area (Å²) in [6.45, 7) is 9.63. The lowest BCUT2D eigenvalue weighted by atomic mass is 9.85. The number of hydrazone groups is 1. The van der Waals surface area contributed by atoms with Gasteiger partial charge in [-0.25, -0.2) is 0 Å². The lowest BCUT2D eigenvalue weighted by Gasteiger charge is -2.33. The molecular formula is C26H36N6. The summed E-state index contributed by atoms with van der Waals surface area (Å²) < 4.78 is 0. The molecule has 2 atom stereocenters. The van der Waals surface area contributed by atoms with Crippen LogP contribution in [0, 0.1) is 22.7 Å². The Morgan fingerprint density at radius 3 is 2.88 bits per heavy atom. The molecule has 32 heavy (non-hydrogen) atoms. The second-order valence-corrected chi connectivity index (χ2v) is 10.0. The molecule has 6 heteroatoms. The van der Waals surface area contributed by atoms with Crippen LogP contribution in [0.3, 0.4) is 0 Å². The van der Waals surface area contributed by atoms with Gasteiger partial charge in [-0.3, -0.25) is 14.9 Å². The maximum Gasteiger partial charge on any atom is 0.110 e. The van der Waals surface area contributed by atoms with Crippen molar-refractivity contribution in [1.29, 1.82) is 5.26 Å². The number of hydrogen-bond acceptors (Lipinski definition) is 6. The number of nitrogens with zero attached hydrogens (tertiary/aromatic N) is 5. The van der Waals surface area contributed by atoms with Crippen molar-refractivity contribution in [3.05, 3.63) is 47.3 Å². The van der Waals surface area contributed by atoms with Crippen LogP contribution < -0.4 is 5.32 Å². The molecule has 6 nitrogen and oxygen atoms in total. The molecule has 1 saturated heterocycles. The Hall–Kier alpha value is -2.65. The van der Waals surface area contributed by atoms with Gasteiger partial charge in [-0.1, -0.05) is 32.4 Å². The minimum absolute atomic E-state index is 0.0795. The molecule has 2 unspecified atom stereocenters. The molecule has 0 saturated carbocycles. The Morgan fingerprint density at radius 1 is 1.22 bits per heavy atom. The summed E-state index contributed by atoms with van der Waals surface area (Å²) in [6.07, 6.45) is 20.4. The average Bonchev–Trinajstić information content (AvgIpc) is 3.20. The minimum atomic E-state index is -0.252. The molecule has 4 rings (SSSR count). The van der Waals surface area contributed by atoms with Crippen LogP contribution in [0.15, 0.2) is 57.4 Å². The van der Waals surface area contributed by atoms with E-state index >= 15 is 0 Å². The van der Waals surface area contributed by atoms with Crippen molar-refractivity contribution in [2.45, 2.75) is 52.0 Å². The predicted molar refractivity (Wildman–Crippen MR) is 131 cm³/mol. The number of fused-ring (bicyclic) bond motifs is 1. The molecule has 1 N–H and O–H groups in total. The smallest absolute Gasteiger partial charge is 0.110 e. The van der Waals surface area contributed by atoms with Crippen molar-refractivity contribution in [2.24, 2.45) is 21.4 Å². The third-order valence-corrected chi connectivity index (χ3v) is 6.87. The number of rotatable bonds is 3. The predicted octanol–water partition coefficient (Wildman–Crippen LogP) is 4.03. The van der Waals surface area contributed by atoms with Crippen molar-refractivity contribution in [1.82, 2.24) is 15.2 Å². The summed E-state index contributed by atoms with van der Waals surface area (Å²) in [5, 5.41) is 19.9. The molecule has 0 spiro atoms. The maximum absolute atomic E-state index is 9.76. The summed E-state index contributed by atoms with van der Waals surface area (Å²) >= 11 is 0. The Morgan fingerprint density at radius 2 is 2.06 bits per heavy atom. The highest BCUT2D eigenvalue weighted by Gasteiger charge is 2.37. The van der Waals surface area contributed by atoms with Gasteiger partial charge in [0.05, 0.1) is 12.1 Å². The Bertz CT molecular complexity index is 892. The second-order valence-electron chi connectivity index (χ2n) is 10.0. The summed E-state index contributed by atoms with van der Waals surface area (Å²) in [7, 11) is 0. The minimum Gasteiger partial charge on any atom is -0.390 e. The first kappa shape index (κ1) is 22.5. The van der Waals surface area contributed by atoms with Gasteiger partial charge in [-0.15, -0.1) is 0 Å². The highest BCUT2D eigenvalue weighted by Crippen LogP contribution is 2.34. The SMILES string of the molecule is CC1(C)CCN=CC=CC(C2=CC(CN3CCCCC3)=CN3N=CC(C#N)C23)=CNCC1. The van der Waals surface area contributed by atoms with Gasteiger partial charge in [0.2, 0.25) is 0 Å². The fourth-order valence-electron chi connectivity index (χ4n) is 4.82. The topological polar surface area (TPSA) is 67.0 Å². The summed E-state index contributed by atoms with van der Waals surface area (Å²) in [6, 6.07) is 2.36. The molecule has 170 valence electrons. The van der Waals surface area contributed by atoms with Gasteiger partial charge in [0.15, 0.2) is 0 Å². The fourth-order valence-corrected chi connectivity index (χ4v) is 4.82. The number of hydrogen-bond donors (Lipinski definition) is 1. The van der Waals surface area contributed by atoms with Gasteiger partial charge in [-0.05, 0) is 67.0 Å². The largest absolute Gasteiger partial charge is 0.390 e. The molecule has 4 heterocycles. The van der Waals surface area contributed by atoms with Crippen LogP contribution in [-0.4, -0.2) is 61.1 Å². The number of nitriles is 1. The lowest BCUT2D eigenvalue weighted by molar-refractivity contribution is 0.243. The average molecular weight is 433 g/mol. The molecule has 0 aromatic heterocycles. The van der Waals surface area contributed by atoms with Gasteiger partial charge in [0.1, 0.15) is 5.92 Å². The molecule has 0 bridgehead atoms. The van der Waals surface area contributed by atoms with E-state index in [4.69, 9.17) is 0 Å². The van der Waals surface area contributed by atoms with Gasteiger partial charge in [0, 0.05) is 44.5 Å². The fraction of sp³-hybridized carbons (Fsp3) is 0.577. The first-order valence-corrected chi connectivity index (χ1v) is 12.0. The van der Waals surface area contributed by atoms with Gasteiger partial charge < -0.3 is 5.32 Å². The number of allylic oxidation sites excluding steroid dienone is 2. The molecule has 0 radical (unpaired) electrons. The molecule has 0 amide bonds. The zero-order chi connectivity index (χ0) is 22.4. The van der Waals surface area contributed by atoms with Gasteiger partial charge in [0.25, 0.3) is 0 Å². The summed E-state index contributed by atoms with van der Waals surface area (Å²) in [5.74, 6) is -0.252. The van der Waals surface area contributed by atoms with Crippen molar-refractivity contribution in [2.75, 3.05) is 32.7 Å². The van der Waals surface area contributed by atoms with E-state index in [0.717, 1.165) is 56.7 Å².